The number of fused-ring (bicyclic) bond motifs is 4. The number of rotatable bonds is 8. The van der Waals surface area contributed by atoms with Crippen LogP contribution in [-0.2, 0) is 0 Å². The smallest absolute Gasteiger partial charge is 0.143 e. The van der Waals surface area contributed by atoms with Crippen LogP contribution in [0.2, 0.25) is 0 Å². The van der Waals surface area contributed by atoms with Gasteiger partial charge >= 0.3 is 0 Å². The lowest BCUT2D eigenvalue weighted by Crippen LogP contribution is -2.04. The topological polar surface area (TPSA) is 13.1 Å². The van der Waals surface area contributed by atoms with Crippen molar-refractivity contribution in [3.05, 3.63) is 253 Å². The molecule has 1 heterocycles. The lowest BCUT2D eigenvalue weighted by Gasteiger charge is -2.21. The lowest BCUT2D eigenvalue weighted by molar-refractivity contribution is 0.670. The van der Waals surface area contributed by atoms with Gasteiger partial charge in [0.2, 0.25) is 0 Å². The van der Waals surface area contributed by atoms with Crippen LogP contribution < -0.4 is 0 Å². The van der Waals surface area contributed by atoms with Gasteiger partial charge in [0.15, 0.2) is 0 Å². The molecule has 0 bridgehead atoms. The molecule has 1 aromatic heterocycles. The van der Waals surface area contributed by atoms with Gasteiger partial charge in [-0.25, -0.2) is 0 Å². The molecule has 60 heavy (non-hydrogen) atoms. The average Bonchev–Trinajstić information content (AvgIpc) is 3.72. The van der Waals surface area contributed by atoms with Crippen LogP contribution >= 0.6 is 0 Å². The number of hydrogen-bond donors (Lipinski definition) is 0. The van der Waals surface area contributed by atoms with E-state index >= 15 is 0 Å². The highest BCUT2D eigenvalue weighted by Gasteiger charge is 2.19. The van der Waals surface area contributed by atoms with Gasteiger partial charge in [-0.2, -0.15) is 0 Å². The largest absolute Gasteiger partial charge is 0.455 e. The summed E-state index contributed by atoms with van der Waals surface area (Å²) < 4.78 is 6.45. The lowest BCUT2D eigenvalue weighted by atomic mass is 9.83. The maximum atomic E-state index is 6.45. The second kappa shape index (κ2) is 15.2. The minimum atomic E-state index is 0.0218. The Hall–Kier alpha value is -7.74. The molecule has 0 aliphatic carbocycles. The second-order valence-corrected chi connectivity index (χ2v) is 15.6. The van der Waals surface area contributed by atoms with E-state index in [1.54, 1.807) is 0 Å². The summed E-state index contributed by atoms with van der Waals surface area (Å²) in [6, 6.07) is 85.7. The Morgan fingerprint density at radius 2 is 0.750 bits per heavy atom. The fourth-order valence-corrected chi connectivity index (χ4v) is 9.00. The summed E-state index contributed by atoms with van der Waals surface area (Å²) in [6.45, 7) is 0. The number of benzene rings is 10. The zero-order valence-electron chi connectivity index (χ0n) is 33.0. The molecule has 1 unspecified atom stereocenters. The molecule has 0 aliphatic rings. The molecule has 11 aromatic rings. The van der Waals surface area contributed by atoms with Gasteiger partial charge in [-0.05, 0) is 89.7 Å². The average molecular weight is 765 g/mol. The van der Waals surface area contributed by atoms with E-state index in [0.717, 1.165) is 33.1 Å². The van der Waals surface area contributed by atoms with E-state index < -0.39 is 0 Å². The molecule has 1 atom stereocenters. The van der Waals surface area contributed by atoms with E-state index in [0.29, 0.717) is 0 Å². The van der Waals surface area contributed by atoms with Crippen molar-refractivity contribution < 1.29 is 4.42 Å². The van der Waals surface area contributed by atoms with Crippen LogP contribution in [0.25, 0.3) is 88.3 Å². The SMILES string of the molecule is c1ccc(-c2ccc(-c3ccc(C(c4ccc(-c5cccc6ccccc56)cc4)c4cccc(-c5cccc(-c6cccc7c6oc6ccccc67)c5)c4)cc3)cc2)cc1. The van der Waals surface area contributed by atoms with Crippen molar-refractivity contribution in [2.24, 2.45) is 0 Å². The Bertz CT molecular complexity index is 3280. The zero-order valence-corrected chi connectivity index (χ0v) is 33.0. The minimum Gasteiger partial charge on any atom is -0.455 e. The summed E-state index contributed by atoms with van der Waals surface area (Å²) in [5.74, 6) is 0.0218. The highest BCUT2D eigenvalue weighted by Crippen LogP contribution is 2.40. The van der Waals surface area contributed by atoms with Crippen LogP contribution in [0.1, 0.15) is 22.6 Å². The fraction of sp³-hybridized carbons (Fsp3) is 0.0169. The Morgan fingerprint density at radius 3 is 1.50 bits per heavy atom. The normalized spacial score (nSPS) is 11.9. The summed E-state index contributed by atoms with van der Waals surface area (Å²) in [7, 11) is 0. The quantitative estimate of drug-likeness (QED) is 0.140. The standard InChI is InChI=1S/C59H40O/c1-2-12-40(13-3-1)41-26-28-42(29-27-41)43-30-34-46(35-31-43)58(47-36-32-45(33-37-47)53-22-10-15-44-14-4-5-20-52(44)53)51-19-9-17-49(39-51)48-16-8-18-50(38-48)54-23-11-24-56-55-21-6-7-25-57(55)60-59(54)56/h1-39,58H. The summed E-state index contributed by atoms with van der Waals surface area (Å²) in [4.78, 5) is 0. The molecule has 282 valence electrons. The third-order valence-electron chi connectivity index (χ3n) is 12.0. The van der Waals surface area contributed by atoms with E-state index in [4.69, 9.17) is 4.42 Å². The van der Waals surface area contributed by atoms with Crippen LogP contribution in [0.4, 0.5) is 0 Å². The molecular weight excluding hydrogens is 725 g/mol. The molecule has 0 N–H and O–H groups in total. The van der Waals surface area contributed by atoms with Gasteiger partial charge in [0.05, 0.1) is 0 Å². The first-order chi connectivity index (χ1) is 29.7. The molecule has 0 fully saturated rings. The number of hydrogen-bond acceptors (Lipinski definition) is 1. The van der Waals surface area contributed by atoms with Crippen LogP contribution in [0.3, 0.4) is 0 Å². The molecule has 0 saturated carbocycles. The Kier molecular flexibility index (Phi) is 8.98. The van der Waals surface area contributed by atoms with Crippen molar-refractivity contribution in [1.82, 2.24) is 0 Å². The maximum absolute atomic E-state index is 6.45. The Balaban J connectivity index is 0.975. The molecule has 1 nitrogen and oxygen atoms in total. The summed E-state index contributed by atoms with van der Waals surface area (Å²) in [5, 5.41) is 4.80. The molecule has 10 aromatic carbocycles. The molecular formula is C59H40O. The molecule has 0 saturated heterocycles. The molecule has 11 rings (SSSR count). The van der Waals surface area contributed by atoms with E-state index in [1.165, 1.54) is 72.0 Å². The first-order valence-corrected chi connectivity index (χ1v) is 20.7. The summed E-state index contributed by atoms with van der Waals surface area (Å²) >= 11 is 0. The van der Waals surface area contributed by atoms with Crippen molar-refractivity contribution in [3.63, 3.8) is 0 Å². The molecule has 0 radical (unpaired) electrons. The molecule has 0 aliphatic heterocycles. The Morgan fingerprint density at radius 1 is 0.267 bits per heavy atom. The number of para-hydroxylation sites is 2. The maximum Gasteiger partial charge on any atom is 0.143 e. The highest BCUT2D eigenvalue weighted by molar-refractivity contribution is 6.09. The van der Waals surface area contributed by atoms with Gasteiger partial charge in [-0.1, -0.05) is 224 Å². The van der Waals surface area contributed by atoms with Crippen molar-refractivity contribution >= 4 is 32.7 Å². The van der Waals surface area contributed by atoms with Crippen LogP contribution in [0.15, 0.2) is 241 Å². The van der Waals surface area contributed by atoms with Gasteiger partial charge < -0.3 is 4.42 Å². The summed E-state index contributed by atoms with van der Waals surface area (Å²) in [5.41, 5.74) is 17.5. The fourth-order valence-electron chi connectivity index (χ4n) is 9.00. The highest BCUT2D eigenvalue weighted by atomic mass is 16.3. The molecule has 0 spiro atoms. The van der Waals surface area contributed by atoms with E-state index in [2.05, 4.69) is 224 Å². The first kappa shape index (κ1) is 35.4. The predicted octanol–water partition coefficient (Wildman–Crippen LogP) is 16.3. The molecule has 0 amide bonds. The monoisotopic (exact) mass is 764 g/mol. The van der Waals surface area contributed by atoms with Crippen molar-refractivity contribution in [3.8, 4) is 55.6 Å². The van der Waals surface area contributed by atoms with Crippen molar-refractivity contribution in [1.29, 1.82) is 0 Å². The van der Waals surface area contributed by atoms with Crippen LogP contribution in [-0.4, -0.2) is 0 Å². The van der Waals surface area contributed by atoms with Crippen molar-refractivity contribution in [2.45, 2.75) is 5.92 Å². The minimum absolute atomic E-state index is 0.0218. The van der Waals surface area contributed by atoms with Gasteiger partial charge in [0.25, 0.3) is 0 Å². The number of furan rings is 1. The zero-order chi connectivity index (χ0) is 39.8. The first-order valence-electron chi connectivity index (χ1n) is 20.7. The Labute approximate surface area is 350 Å². The van der Waals surface area contributed by atoms with Crippen LogP contribution in [0.5, 0.6) is 0 Å². The van der Waals surface area contributed by atoms with Gasteiger partial charge in [0.1, 0.15) is 11.2 Å². The van der Waals surface area contributed by atoms with E-state index in [9.17, 15) is 0 Å². The van der Waals surface area contributed by atoms with Crippen LogP contribution in [0, 0.1) is 0 Å². The van der Waals surface area contributed by atoms with Gasteiger partial charge in [-0.3, -0.25) is 0 Å². The second-order valence-electron chi connectivity index (χ2n) is 15.6. The van der Waals surface area contributed by atoms with Gasteiger partial charge in [-0.15, -0.1) is 0 Å². The third kappa shape index (κ3) is 6.57. The third-order valence-corrected chi connectivity index (χ3v) is 12.0. The summed E-state index contributed by atoms with van der Waals surface area (Å²) in [6.07, 6.45) is 0. The van der Waals surface area contributed by atoms with E-state index in [1.807, 2.05) is 12.1 Å². The molecule has 1 heteroatoms. The van der Waals surface area contributed by atoms with Gasteiger partial charge in [0, 0.05) is 22.3 Å². The van der Waals surface area contributed by atoms with Crippen molar-refractivity contribution in [2.75, 3.05) is 0 Å². The predicted molar refractivity (Wildman–Crippen MR) is 252 cm³/mol. The van der Waals surface area contributed by atoms with E-state index in [-0.39, 0.29) is 5.92 Å².